The maximum atomic E-state index is 7.99. The highest BCUT2D eigenvalue weighted by Gasteiger charge is 2.14. The van der Waals surface area contributed by atoms with Gasteiger partial charge in [-0.3, -0.25) is 10.4 Å². The molecule has 1 aromatic carbocycles. The second kappa shape index (κ2) is 3.84. The Balaban J connectivity index is 2.17. The van der Waals surface area contributed by atoms with E-state index in [0.29, 0.717) is 4.67 Å². The third kappa shape index (κ3) is 1.58. The van der Waals surface area contributed by atoms with Crippen LogP contribution in [0.1, 0.15) is 6.42 Å². The van der Waals surface area contributed by atoms with Crippen LogP contribution in [-0.2, 0) is 0 Å². The van der Waals surface area contributed by atoms with Crippen LogP contribution in [0.5, 0.6) is 0 Å². The summed E-state index contributed by atoms with van der Waals surface area (Å²) in [5.41, 5.74) is 4.16. The van der Waals surface area contributed by atoms with Crippen LogP contribution >= 0.6 is 11.3 Å². The van der Waals surface area contributed by atoms with Gasteiger partial charge in [-0.2, -0.15) is 0 Å². The Kier molecular flexibility index (Phi) is 2.34. The highest BCUT2D eigenvalue weighted by Crippen LogP contribution is 2.19. The van der Waals surface area contributed by atoms with E-state index in [2.05, 4.69) is 10.4 Å². The van der Waals surface area contributed by atoms with E-state index >= 15 is 0 Å². The molecule has 5 heteroatoms. The molecular weight excluding hydrogens is 220 g/mol. The maximum Gasteiger partial charge on any atom is 0.202 e. The molecule has 0 saturated carbocycles. The number of benzene rings is 1. The fourth-order valence-corrected chi connectivity index (χ4v) is 2.72. The van der Waals surface area contributed by atoms with Gasteiger partial charge in [0.2, 0.25) is 5.13 Å². The minimum atomic E-state index is 0.578. The first-order chi connectivity index (χ1) is 7.84. The Bertz CT molecular complexity index is 571. The first kappa shape index (κ1) is 9.74. The maximum absolute atomic E-state index is 7.99. The average molecular weight is 232 g/mol. The summed E-state index contributed by atoms with van der Waals surface area (Å²) in [6.07, 6.45) is 1.13. The summed E-state index contributed by atoms with van der Waals surface area (Å²) in [4.78, 5) is 4.58. The number of nitrogens with one attached hydrogen (secondary N) is 2. The lowest BCUT2D eigenvalue weighted by atomic mass is 10.2. The van der Waals surface area contributed by atoms with Crippen LogP contribution in [-0.4, -0.2) is 18.1 Å². The van der Waals surface area contributed by atoms with Crippen molar-refractivity contribution < 1.29 is 0 Å². The number of fused-ring (bicyclic) bond motifs is 1. The zero-order valence-corrected chi connectivity index (χ0v) is 9.55. The Morgan fingerprint density at radius 3 is 3.06 bits per heavy atom. The molecule has 82 valence electrons. The molecule has 2 aromatic rings. The standard InChI is InChI=1S/C11H12N4S/c12-10-8-4-1-2-5-9(8)14-11(16-10)15-7-3-6-13-15/h1-2,4-5,12-13H,3,6-7H2. The molecule has 0 atom stereocenters. The van der Waals surface area contributed by atoms with Crippen LogP contribution in [0.25, 0.3) is 10.9 Å². The number of para-hydroxylation sites is 1. The van der Waals surface area contributed by atoms with Gasteiger partial charge in [0.1, 0.15) is 4.67 Å². The molecule has 2 N–H and O–H groups in total. The van der Waals surface area contributed by atoms with E-state index in [9.17, 15) is 0 Å². The molecule has 16 heavy (non-hydrogen) atoms. The molecule has 3 rings (SSSR count). The number of anilines is 1. The van der Waals surface area contributed by atoms with Gasteiger partial charge in [0, 0.05) is 18.5 Å². The molecule has 0 spiro atoms. The van der Waals surface area contributed by atoms with Gasteiger partial charge in [0.05, 0.1) is 5.52 Å². The van der Waals surface area contributed by atoms with E-state index in [-0.39, 0.29) is 0 Å². The first-order valence-corrected chi connectivity index (χ1v) is 6.12. The number of hydrogen-bond acceptors (Lipinski definition) is 5. The normalized spacial score (nSPS) is 15.9. The Hall–Kier alpha value is -1.46. The molecule has 1 aromatic heterocycles. The van der Waals surface area contributed by atoms with E-state index in [4.69, 9.17) is 5.41 Å². The molecule has 0 aliphatic carbocycles. The van der Waals surface area contributed by atoms with E-state index in [0.717, 1.165) is 35.5 Å². The Morgan fingerprint density at radius 2 is 2.25 bits per heavy atom. The lowest BCUT2D eigenvalue weighted by Crippen LogP contribution is -2.31. The summed E-state index contributed by atoms with van der Waals surface area (Å²) in [6, 6.07) is 7.81. The van der Waals surface area contributed by atoms with E-state index in [1.165, 1.54) is 11.3 Å². The summed E-state index contributed by atoms with van der Waals surface area (Å²) in [6.45, 7) is 1.97. The smallest absolute Gasteiger partial charge is 0.202 e. The van der Waals surface area contributed by atoms with Gasteiger partial charge >= 0.3 is 0 Å². The molecule has 1 aliphatic heterocycles. The van der Waals surface area contributed by atoms with Gasteiger partial charge in [0.15, 0.2) is 0 Å². The topological polar surface area (TPSA) is 52.0 Å². The predicted octanol–water partition coefficient (Wildman–Crippen LogP) is 1.49. The molecule has 0 amide bonds. The molecule has 0 unspecified atom stereocenters. The largest absolute Gasteiger partial charge is 0.290 e. The van der Waals surface area contributed by atoms with Crippen molar-refractivity contribution in [2.45, 2.75) is 6.42 Å². The van der Waals surface area contributed by atoms with Crippen molar-refractivity contribution in [1.29, 1.82) is 5.41 Å². The second-order valence-electron chi connectivity index (χ2n) is 3.76. The molecule has 2 heterocycles. The average Bonchev–Trinajstić information content (AvgIpc) is 2.82. The molecule has 0 bridgehead atoms. The van der Waals surface area contributed by atoms with Gasteiger partial charge in [-0.05, 0) is 18.6 Å². The monoisotopic (exact) mass is 232 g/mol. The number of aromatic nitrogens is 1. The van der Waals surface area contributed by atoms with Gasteiger partial charge in [-0.15, -0.1) is 0 Å². The van der Waals surface area contributed by atoms with Crippen molar-refractivity contribution in [3.63, 3.8) is 0 Å². The van der Waals surface area contributed by atoms with E-state index in [1.807, 2.05) is 29.3 Å². The van der Waals surface area contributed by atoms with Gasteiger partial charge < -0.3 is 0 Å². The number of hydrogen-bond donors (Lipinski definition) is 2. The number of nitrogens with zero attached hydrogens (tertiary/aromatic N) is 2. The highest BCUT2D eigenvalue weighted by molar-refractivity contribution is 7.13. The van der Waals surface area contributed by atoms with E-state index < -0.39 is 0 Å². The molecule has 4 nitrogen and oxygen atoms in total. The SMILES string of the molecule is N=c1sc(N2CCCN2)nc2ccccc12. The summed E-state index contributed by atoms with van der Waals surface area (Å²) >= 11 is 1.42. The molecular formula is C11H12N4S. The van der Waals surface area contributed by atoms with Gasteiger partial charge in [0.25, 0.3) is 0 Å². The van der Waals surface area contributed by atoms with Crippen molar-refractivity contribution in [3.8, 4) is 0 Å². The van der Waals surface area contributed by atoms with Crippen molar-refractivity contribution >= 4 is 27.4 Å². The lowest BCUT2D eigenvalue weighted by Gasteiger charge is -2.15. The van der Waals surface area contributed by atoms with Crippen LogP contribution in [0.4, 0.5) is 5.13 Å². The van der Waals surface area contributed by atoms with Gasteiger partial charge in [-0.1, -0.05) is 23.5 Å². The van der Waals surface area contributed by atoms with Crippen molar-refractivity contribution in [1.82, 2.24) is 10.4 Å². The summed E-state index contributed by atoms with van der Waals surface area (Å²) < 4.78 is 0.578. The van der Waals surface area contributed by atoms with Crippen molar-refractivity contribution in [3.05, 3.63) is 28.9 Å². The Morgan fingerprint density at radius 1 is 1.38 bits per heavy atom. The summed E-state index contributed by atoms with van der Waals surface area (Å²) in [5, 5.41) is 11.8. The molecule has 1 fully saturated rings. The minimum absolute atomic E-state index is 0.578. The van der Waals surface area contributed by atoms with Gasteiger partial charge in [-0.25, -0.2) is 10.4 Å². The molecule has 0 radical (unpaired) electrons. The third-order valence-corrected chi connectivity index (χ3v) is 3.57. The van der Waals surface area contributed by atoms with E-state index in [1.54, 1.807) is 0 Å². The lowest BCUT2D eigenvalue weighted by molar-refractivity contribution is 0.784. The van der Waals surface area contributed by atoms with Crippen LogP contribution in [0, 0.1) is 5.41 Å². The van der Waals surface area contributed by atoms with Crippen LogP contribution in [0.15, 0.2) is 24.3 Å². The third-order valence-electron chi connectivity index (χ3n) is 2.65. The van der Waals surface area contributed by atoms with Crippen LogP contribution < -0.4 is 15.1 Å². The number of hydrazine groups is 1. The van der Waals surface area contributed by atoms with Crippen molar-refractivity contribution in [2.75, 3.05) is 18.1 Å². The fourth-order valence-electron chi connectivity index (χ4n) is 1.84. The zero-order valence-electron chi connectivity index (χ0n) is 8.73. The Labute approximate surface area is 97.0 Å². The first-order valence-electron chi connectivity index (χ1n) is 5.30. The quantitative estimate of drug-likeness (QED) is 0.783. The zero-order chi connectivity index (χ0) is 11.0. The fraction of sp³-hybridized carbons (Fsp3) is 0.273. The highest BCUT2D eigenvalue weighted by atomic mass is 32.1. The molecule has 1 saturated heterocycles. The van der Waals surface area contributed by atoms with Crippen molar-refractivity contribution in [2.24, 2.45) is 0 Å². The summed E-state index contributed by atoms with van der Waals surface area (Å²) in [7, 11) is 0. The minimum Gasteiger partial charge on any atom is -0.290 e. The molecule has 1 aliphatic rings. The number of rotatable bonds is 1. The van der Waals surface area contributed by atoms with Crippen LogP contribution in [0.2, 0.25) is 0 Å². The van der Waals surface area contributed by atoms with Crippen LogP contribution in [0.3, 0.4) is 0 Å². The second-order valence-corrected chi connectivity index (χ2v) is 4.73. The summed E-state index contributed by atoms with van der Waals surface area (Å²) in [5.74, 6) is 0. The predicted molar refractivity (Wildman–Crippen MR) is 65.4 cm³/mol.